The van der Waals surface area contributed by atoms with Crippen molar-refractivity contribution in [2.75, 3.05) is 58.3 Å². The van der Waals surface area contributed by atoms with Crippen molar-refractivity contribution < 1.29 is 18.0 Å². The Balaban J connectivity index is 1.95. The lowest BCUT2D eigenvalue weighted by atomic mass is 10.1. The van der Waals surface area contributed by atoms with Gasteiger partial charge in [-0.05, 0) is 32.3 Å². The molecule has 1 saturated heterocycles. The number of piperazine rings is 1. The number of nitrogens with zero attached hydrogens (tertiary/aromatic N) is 3. The molecule has 0 aliphatic carbocycles. The average molecular weight is 379 g/mol. The summed E-state index contributed by atoms with van der Waals surface area (Å²) in [5, 5.41) is 3.11. The Morgan fingerprint density at radius 3 is 2.44 bits per heavy atom. The van der Waals surface area contributed by atoms with Crippen molar-refractivity contribution in [2.24, 2.45) is 0 Å². The highest BCUT2D eigenvalue weighted by Gasteiger charge is 2.32. The van der Waals surface area contributed by atoms with Crippen molar-refractivity contribution in [1.29, 1.82) is 0 Å². The highest BCUT2D eigenvalue weighted by Crippen LogP contribution is 2.35. The summed E-state index contributed by atoms with van der Waals surface area (Å²) in [4.78, 5) is 17.5. The van der Waals surface area contributed by atoms with Gasteiger partial charge in [0, 0.05) is 39.3 Å². The second-order valence-electron chi connectivity index (χ2n) is 6.17. The molecule has 1 heterocycles. The number of amides is 2. The van der Waals surface area contributed by atoms with Gasteiger partial charge in [0.1, 0.15) is 0 Å². The molecule has 1 N–H and O–H groups in total. The Morgan fingerprint density at radius 2 is 1.88 bits per heavy atom. The number of alkyl halides is 3. The largest absolute Gasteiger partial charge is 0.416 e. The summed E-state index contributed by atoms with van der Waals surface area (Å²) in [6, 6.07) is 3.15. The standard InChI is InChI=1S/C16H22ClF3N4O/c1-22(2)6-5-21-15(25)24-9-7-23(8-10-24)14-11-12(16(18,19)20)3-4-13(14)17/h3-4,11H,5-10H2,1-2H3,(H,21,25). The predicted octanol–water partition coefficient (Wildman–Crippen LogP) is 2.75. The number of anilines is 1. The van der Waals surface area contributed by atoms with Crippen LogP contribution in [0.5, 0.6) is 0 Å². The van der Waals surface area contributed by atoms with Gasteiger partial charge in [0.2, 0.25) is 0 Å². The molecular weight excluding hydrogens is 357 g/mol. The number of carbonyl (C=O) groups excluding carboxylic acids is 1. The number of hydrogen-bond donors (Lipinski definition) is 1. The third-order valence-corrected chi connectivity index (χ3v) is 4.34. The van der Waals surface area contributed by atoms with E-state index < -0.39 is 11.7 Å². The van der Waals surface area contributed by atoms with Crippen LogP contribution in [0.3, 0.4) is 0 Å². The minimum Gasteiger partial charge on any atom is -0.367 e. The van der Waals surface area contributed by atoms with Crippen molar-refractivity contribution in [3.05, 3.63) is 28.8 Å². The molecule has 1 aliphatic heterocycles. The molecule has 5 nitrogen and oxygen atoms in total. The minimum atomic E-state index is -4.41. The van der Waals surface area contributed by atoms with Crippen molar-refractivity contribution in [3.63, 3.8) is 0 Å². The first-order valence-electron chi connectivity index (χ1n) is 7.97. The summed E-state index contributed by atoms with van der Waals surface area (Å²) in [6.45, 7) is 3.02. The quantitative estimate of drug-likeness (QED) is 0.875. The lowest BCUT2D eigenvalue weighted by Crippen LogP contribution is -2.52. The minimum absolute atomic E-state index is 0.156. The smallest absolute Gasteiger partial charge is 0.367 e. The van der Waals surface area contributed by atoms with Crippen LogP contribution in [-0.4, -0.2) is 69.2 Å². The van der Waals surface area contributed by atoms with E-state index >= 15 is 0 Å². The molecule has 0 aromatic heterocycles. The van der Waals surface area contributed by atoms with Gasteiger partial charge in [0.15, 0.2) is 0 Å². The zero-order valence-electron chi connectivity index (χ0n) is 14.2. The number of halogens is 4. The monoisotopic (exact) mass is 378 g/mol. The van der Waals surface area contributed by atoms with Crippen LogP contribution in [0.25, 0.3) is 0 Å². The van der Waals surface area contributed by atoms with Crippen LogP contribution in [0.2, 0.25) is 5.02 Å². The van der Waals surface area contributed by atoms with Crippen LogP contribution in [0.4, 0.5) is 23.7 Å². The molecule has 25 heavy (non-hydrogen) atoms. The van der Waals surface area contributed by atoms with E-state index in [1.807, 2.05) is 19.0 Å². The van der Waals surface area contributed by atoms with E-state index in [1.165, 1.54) is 6.07 Å². The Labute approximate surface area is 150 Å². The van der Waals surface area contributed by atoms with Crippen LogP contribution >= 0.6 is 11.6 Å². The number of urea groups is 1. The summed E-state index contributed by atoms with van der Waals surface area (Å²) in [5.41, 5.74) is -0.375. The topological polar surface area (TPSA) is 38.8 Å². The number of likely N-dealkylation sites (N-methyl/N-ethyl adjacent to an activating group) is 1. The van der Waals surface area contributed by atoms with E-state index in [0.717, 1.165) is 18.7 Å². The van der Waals surface area contributed by atoms with Crippen molar-refractivity contribution in [3.8, 4) is 0 Å². The molecular formula is C16H22ClF3N4O. The Hall–Kier alpha value is -1.67. The zero-order chi connectivity index (χ0) is 18.6. The second kappa shape index (κ2) is 8.14. The summed E-state index contributed by atoms with van der Waals surface area (Å²) in [7, 11) is 3.84. The van der Waals surface area contributed by atoms with Gasteiger partial charge >= 0.3 is 12.2 Å². The highest BCUT2D eigenvalue weighted by molar-refractivity contribution is 6.33. The highest BCUT2D eigenvalue weighted by atomic mass is 35.5. The fourth-order valence-corrected chi connectivity index (χ4v) is 2.82. The third-order valence-electron chi connectivity index (χ3n) is 4.02. The summed E-state index contributed by atoms with van der Waals surface area (Å²) in [5.74, 6) is 0. The lowest BCUT2D eigenvalue weighted by molar-refractivity contribution is -0.137. The molecule has 0 atom stereocenters. The predicted molar refractivity (Wildman–Crippen MR) is 92.2 cm³/mol. The SMILES string of the molecule is CN(C)CCNC(=O)N1CCN(c2cc(C(F)(F)F)ccc2Cl)CC1. The maximum atomic E-state index is 12.9. The average Bonchev–Trinajstić information content (AvgIpc) is 2.54. The zero-order valence-corrected chi connectivity index (χ0v) is 15.0. The van der Waals surface area contributed by atoms with Gasteiger partial charge in [-0.25, -0.2) is 4.79 Å². The van der Waals surface area contributed by atoms with E-state index in [2.05, 4.69) is 5.32 Å². The molecule has 1 aromatic carbocycles. The summed E-state index contributed by atoms with van der Waals surface area (Å²) >= 11 is 6.07. The van der Waals surface area contributed by atoms with Crippen LogP contribution in [0, 0.1) is 0 Å². The van der Waals surface area contributed by atoms with Crippen LogP contribution in [0.1, 0.15) is 5.56 Å². The van der Waals surface area contributed by atoms with Gasteiger partial charge < -0.3 is 20.0 Å². The molecule has 0 unspecified atom stereocenters. The van der Waals surface area contributed by atoms with Crippen molar-refractivity contribution >= 4 is 23.3 Å². The first-order chi connectivity index (χ1) is 11.7. The van der Waals surface area contributed by atoms with E-state index in [4.69, 9.17) is 11.6 Å². The van der Waals surface area contributed by atoms with E-state index in [9.17, 15) is 18.0 Å². The van der Waals surface area contributed by atoms with Gasteiger partial charge in [-0.15, -0.1) is 0 Å². The van der Waals surface area contributed by atoms with Gasteiger partial charge in [0.05, 0.1) is 16.3 Å². The normalized spacial score (nSPS) is 15.6. The molecule has 0 radical (unpaired) electrons. The molecule has 140 valence electrons. The van der Waals surface area contributed by atoms with Crippen molar-refractivity contribution in [2.45, 2.75) is 6.18 Å². The fourth-order valence-electron chi connectivity index (χ4n) is 2.58. The maximum absolute atomic E-state index is 12.9. The Morgan fingerprint density at radius 1 is 1.24 bits per heavy atom. The van der Waals surface area contributed by atoms with Gasteiger partial charge in [-0.1, -0.05) is 11.6 Å². The lowest BCUT2D eigenvalue weighted by Gasteiger charge is -2.36. The van der Waals surface area contributed by atoms with E-state index in [0.29, 0.717) is 38.4 Å². The molecule has 0 spiro atoms. The van der Waals surface area contributed by atoms with Crippen LogP contribution in [0.15, 0.2) is 18.2 Å². The molecule has 1 aromatic rings. The van der Waals surface area contributed by atoms with E-state index in [-0.39, 0.29) is 11.1 Å². The number of hydrogen-bond acceptors (Lipinski definition) is 3. The number of nitrogens with one attached hydrogen (secondary N) is 1. The fraction of sp³-hybridized carbons (Fsp3) is 0.562. The first kappa shape index (κ1) is 19.7. The number of benzene rings is 1. The number of rotatable bonds is 4. The van der Waals surface area contributed by atoms with Gasteiger partial charge in [-0.2, -0.15) is 13.2 Å². The van der Waals surface area contributed by atoms with Gasteiger partial charge in [0.25, 0.3) is 0 Å². The first-order valence-corrected chi connectivity index (χ1v) is 8.35. The molecule has 1 aliphatic rings. The maximum Gasteiger partial charge on any atom is 0.416 e. The number of carbonyl (C=O) groups is 1. The molecule has 2 rings (SSSR count). The van der Waals surface area contributed by atoms with Crippen LogP contribution in [-0.2, 0) is 6.18 Å². The van der Waals surface area contributed by atoms with Crippen molar-refractivity contribution in [1.82, 2.24) is 15.1 Å². The molecule has 0 saturated carbocycles. The van der Waals surface area contributed by atoms with Crippen LogP contribution < -0.4 is 10.2 Å². The van der Waals surface area contributed by atoms with E-state index in [1.54, 1.807) is 9.80 Å². The molecule has 0 bridgehead atoms. The third kappa shape index (κ3) is 5.40. The Kier molecular flexibility index (Phi) is 6.40. The Bertz CT molecular complexity index is 602. The summed E-state index contributed by atoms with van der Waals surface area (Å²) in [6.07, 6.45) is -4.41. The molecule has 2 amide bonds. The van der Waals surface area contributed by atoms with Gasteiger partial charge in [-0.3, -0.25) is 0 Å². The molecule has 9 heteroatoms. The molecule has 1 fully saturated rings. The second-order valence-corrected chi connectivity index (χ2v) is 6.58. The summed E-state index contributed by atoms with van der Waals surface area (Å²) < 4.78 is 38.7.